The maximum absolute atomic E-state index is 13.1. The Balaban J connectivity index is 1.72. The van der Waals surface area contributed by atoms with Crippen LogP contribution in [0.15, 0.2) is 18.2 Å². The molecule has 0 aromatic heterocycles. The van der Waals surface area contributed by atoms with Gasteiger partial charge in [0, 0.05) is 18.4 Å². The van der Waals surface area contributed by atoms with E-state index in [1.54, 1.807) is 6.07 Å². The van der Waals surface area contributed by atoms with Gasteiger partial charge in [0.25, 0.3) is 0 Å². The van der Waals surface area contributed by atoms with Gasteiger partial charge in [0.15, 0.2) is 0 Å². The van der Waals surface area contributed by atoms with Gasteiger partial charge in [0.05, 0.1) is 11.5 Å². The normalized spacial score (nSPS) is 24.4. The van der Waals surface area contributed by atoms with E-state index in [4.69, 9.17) is 4.74 Å². The molecule has 3 heteroatoms. The second-order valence-electron chi connectivity index (χ2n) is 5.15. The van der Waals surface area contributed by atoms with Gasteiger partial charge in [-0.25, -0.2) is 4.39 Å². The zero-order chi connectivity index (χ0) is 11.9. The first-order chi connectivity index (χ1) is 8.21. The van der Waals surface area contributed by atoms with E-state index in [1.165, 1.54) is 12.1 Å². The molecule has 0 N–H and O–H groups in total. The van der Waals surface area contributed by atoms with Crippen LogP contribution in [-0.2, 0) is 6.42 Å². The fourth-order valence-electron chi connectivity index (χ4n) is 2.80. The summed E-state index contributed by atoms with van der Waals surface area (Å²) in [6.07, 6.45) is 4.66. The van der Waals surface area contributed by atoms with E-state index in [-0.39, 0.29) is 17.3 Å². The van der Waals surface area contributed by atoms with Gasteiger partial charge >= 0.3 is 0 Å². The van der Waals surface area contributed by atoms with Crippen molar-refractivity contribution in [3.05, 3.63) is 29.6 Å². The quantitative estimate of drug-likeness (QED) is 0.783. The largest absolute Gasteiger partial charge is 0.490 e. The van der Waals surface area contributed by atoms with E-state index in [0.717, 1.165) is 43.4 Å². The SMILES string of the molecule is N#CC1(CC2Cc3cc(F)ccc3O2)CCC1. The van der Waals surface area contributed by atoms with E-state index in [2.05, 4.69) is 6.07 Å². The van der Waals surface area contributed by atoms with Gasteiger partial charge in [0.1, 0.15) is 17.7 Å². The van der Waals surface area contributed by atoms with Crippen molar-refractivity contribution >= 4 is 0 Å². The summed E-state index contributed by atoms with van der Waals surface area (Å²) in [6.45, 7) is 0. The average molecular weight is 231 g/mol. The molecule has 1 heterocycles. The number of fused-ring (bicyclic) bond motifs is 1. The minimum atomic E-state index is -0.216. The molecule has 1 saturated carbocycles. The van der Waals surface area contributed by atoms with Gasteiger partial charge in [-0.3, -0.25) is 0 Å². The first-order valence-electron chi connectivity index (χ1n) is 6.07. The summed E-state index contributed by atoms with van der Waals surface area (Å²) < 4.78 is 18.8. The highest BCUT2D eigenvalue weighted by Crippen LogP contribution is 2.46. The number of hydrogen-bond donors (Lipinski definition) is 0. The number of nitriles is 1. The molecule has 0 bridgehead atoms. The highest BCUT2D eigenvalue weighted by molar-refractivity contribution is 5.38. The van der Waals surface area contributed by atoms with Crippen LogP contribution in [-0.4, -0.2) is 6.10 Å². The number of benzene rings is 1. The number of rotatable bonds is 2. The van der Waals surface area contributed by atoms with Crippen molar-refractivity contribution in [1.82, 2.24) is 0 Å². The zero-order valence-corrected chi connectivity index (χ0v) is 9.58. The second-order valence-corrected chi connectivity index (χ2v) is 5.15. The molecule has 0 amide bonds. The maximum Gasteiger partial charge on any atom is 0.123 e. The summed E-state index contributed by atoms with van der Waals surface area (Å²) in [5, 5.41) is 9.19. The predicted octanol–water partition coefficient (Wildman–Crippen LogP) is 3.21. The fourth-order valence-corrected chi connectivity index (χ4v) is 2.80. The van der Waals surface area contributed by atoms with Crippen molar-refractivity contribution < 1.29 is 9.13 Å². The molecule has 1 unspecified atom stereocenters. The summed E-state index contributed by atoms with van der Waals surface area (Å²) in [6, 6.07) is 7.07. The standard InChI is InChI=1S/C14H14FNO/c15-11-2-3-13-10(6-11)7-12(17-13)8-14(9-16)4-1-5-14/h2-3,6,12H,1,4-5,7-8H2. The van der Waals surface area contributed by atoms with Crippen LogP contribution in [0.1, 0.15) is 31.2 Å². The van der Waals surface area contributed by atoms with Gasteiger partial charge in [-0.2, -0.15) is 5.26 Å². The molecule has 17 heavy (non-hydrogen) atoms. The maximum atomic E-state index is 13.1. The Morgan fingerprint density at radius 3 is 2.94 bits per heavy atom. The molecule has 1 aromatic rings. The Bertz CT molecular complexity index is 487. The first kappa shape index (κ1) is 10.6. The molecule has 0 saturated heterocycles. The van der Waals surface area contributed by atoms with E-state index >= 15 is 0 Å². The minimum absolute atomic E-state index is 0.0479. The van der Waals surface area contributed by atoms with Crippen LogP contribution in [0.2, 0.25) is 0 Å². The Morgan fingerprint density at radius 1 is 1.47 bits per heavy atom. The van der Waals surface area contributed by atoms with Crippen LogP contribution in [0, 0.1) is 22.6 Å². The molecule has 0 radical (unpaired) electrons. The Kier molecular flexibility index (Phi) is 2.32. The van der Waals surface area contributed by atoms with Crippen LogP contribution >= 0.6 is 0 Å². The van der Waals surface area contributed by atoms with Crippen molar-refractivity contribution in [2.75, 3.05) is 0 Å². The molecular formula is C14H14FNO. The van der Waals surface area contributed by atoms with Crippen LogP contribution < -0.4 is 4.74 Å². The third-order valence-electron chi connectivity index (χ3n) is 3.93. The van der Waals surface area contributed by atoms with Crippen molar-refractivity contribution in [2.24, 2.45) is 5.41 Å². The molecule has 1 atom stereocenters. The lowest BCUT2D eigenvalue weighted by atomic mass is 9.66. The van der Waals surface area contributed by atoms with Crippen LogP contribution in [0.4, 0.5) is 4.39 Å². The topological polar surface area (TPSA) is 33.0 Å². The summed E-state index contributed by atoms with van der Waals surface area (Å²) in [4.78, 5) is 0. The summed E-state index contributed by atoms with van der Waals surface area (Å²) >= 11 is 0. The lowest BCUT2D eigenvalue weighted by Crippen LogP contribution is -2.33. The third-order valence-corrected chi connectivity index (χ3v) is 3.93. The Labute approximate surface area is 100 Å². The first-order valence-corrected chi connectivity index (χ1v) is 6.07. The number of nitrogens with zero attached hydrogens (tertiary/aromatic N) is 1. The van der Waals surface area contributed by atoms with E-state index in [0.29, 0.717) is 0 Å². The zero-order valence-electron chi connectivity index (χ0n) is 9.58. The summed E-state index contributed by atoms with van der Waals surface area (Å²) in [7, 11) is 0. The molecule has 1 aliphatic heterocycles. The highest BCUT2D eigenvalue weighted by Gasteiger charge is 2.41. The van der Waals surface area contributed by atoms with Crippen LogP contribution in [0.25, 0.3) is 0 Å². The molecule has 2 aliphatic rings. The average Bonchev–Trinajstić information content (AvgIpc) is 2.65. The highest BCUT2D eigenvalue weighted by atomic mass is 19.1. The fraction of sp³-hybridized carbons (Fsp3) is 0.500. The van der Waals surface area contributed by atoms with E-state index in [9.17, 15) is 9.65 Å². The smallest absolute Gasteiger partial charge is 0.123 e. The van der Waals surface area contributed by atoms with Crippen molar-refractivity contribution in [3.8, 4) is 11.8 Å². The molecule has 2 nitrogen and oxygen atoms in total. The molecule has 0 spiro atoms. The monoisotopic (exact) mass is 231 g/mol. The van der Waals surface area contributed by atoms with Crippen molar-refractivity contribution in [1.29, 1.82) is 5.26 Å². The minimum Gasteiger partial charge on any atom is -0.490 e. The van der Waals surface area contributed by atoms with Crippen LogP contribution in [0.3, 0.4) is 0 Å². The summed E-state index contributed by atoms with van der Waals surface area (Å²) in [5.74, 6) is 0.565. The molecule has 1 fully saturated rings. The number of halogens is 1. The summed E-state index contributed by atoms with van der Waals surface area (Å²) in [5.41, 5.74) is 0.757. The molecule has 1 aliphatic carbocycles. The number of hydrogen-bond acceptors (Lipinski definition) is 2. The van der Waals surface area contributed by atoms with Crippen molar-refractivity contribution in [2.45, 2.75) is 38.2 Å². The molecular weight excluding hydrogens is 217 g/mol. The van der Waals surface area contributed by atoms with Crippen molar-refractivity contribution in [3.63, 3.8) is 0 Å². The Morgan fingerprint density at radius 2 is 2.29 bits per heavy atom. The predicted molar refractivity (Wildman–Crippen MR) is 61.0 cm³/mol. The lowest BCUT2D eigenvalue weighted by Gasteiger charge is -2.36. The van der Waals surface area contributed by atoms with E-state index < -0.39 is 0 Å². The molecule has 3 rings (SSSR count). The van der Waals surface area contributed by atoms with Gasteiger partial charge in [0.2, 0.25) is 0 Å². The molecule has 88 valence electrons. The Hall–Kier alpha value is -1.56. The third kappa shape index (κ3) is 1.78. The van der Waals surface area contributed by atoms with Gasteiger partial charge in [-0.05, 0) is 31.0 Å². The van der Waals surface area contributed by atoms with Crippen LogP contribution in [0.5, 0.6) is 5.75 Å². The van der Waals surface area contributed by atoms with Gasteiger partial charge in [-0.1, -0.05) is 6.42 Å². The number of ether oxygens (including phenoxy) is 1. The van der Waals surface area contributed by atoms with Gasteiger partial charge < -0.3 is 4.74 Å². The van der Waals surface area contributed by atoms with E-state index in [1.807, 2.05) is 0 Å². The van der Waals surface area contributed by atoms with Gasteiger partial charge in [-0.15, -0.1) is 0 Å². The molecule has 1 aromatic carbocycles. The lowest BCUT2D eigenvalue weighted by molar-refractivity contribution is 0.111. The second kappa shape index (κ2) is 3.73.